The van der Waals surface area contributed by atoms with Gasteiger partial charge < -0.3 is 21.3 Å². The lowest BCUT2D eigenvalue weighted by molar-refractivity contribution is 0.0652. The minimum atomic E-state index is -1.28. The van der Waals surface area contributed by atoms with Crippen molar-refractivity contribution in [2.75, 3.05) is 5.32 Å². The number of hydrogen-bond acceptors (Lipinski definition) is 4. The van der Waals surface area contributed by atoms with E-state index in [0.29, 0.717) is 0 Å². The zero-order chi connectivity index (χ0) is 15.3. The molecular formula is C14H20N2O4. The quantitative estimate of drug-likeness (QED) is 0.607. The summed E-state index contributed by atoms with van der Waals surface area (Å²) in [6.07, 6.45) is 1.73. The van der Waals surface area contributed by atoms with Crippen LogP contribution in [0.4, 0.5) is 5.69 Å². The summed E-state index contributed by atoms with van der Waals surface area (Å²) in [5.41, 5.74) is 5.77. The molecule has 6 nitrogen and oxygen atoms in total. The van der Waals surface area contributed by atoms with Crippen molar-refractivity contribution in [1.29, 1.82) is 0 Å². The van der Waals surface area contributed by atoms with Gasteiger partial charge in [0.05, 0.1) is 11.1 Å². The Bertz CT molecular complexity index is 502. The average Bonchev–Trinajstić information content (AvgIpc) is 2.38. The number of carbonyl (C=O) groups is 2. The van der Waals surface area contributed by atoms with Crippen LogP contribution >= 0.6 is 0 Å². The lowest BCUT2D eigenvalue weighted by Crippen LogP contribution is -2.38. The van der Waals surface area contributed by atoms with Gasteiger partial charge in [-0.2, -0.15) is 0 Å². The molecule has 0 aliphatic carbocycles. The average molecular weight is 280 g/mol. The molecule has 1 aromatic rings. The third-order valence-corrected chi connectivity index (χ3v) is 3.16. The maximum atomic E-state index is 11.3. The van der Waals surface area contributed by atoms with Crippen LogP contribution in [0.5, 0.6) is 0 Å². The van der Waals surface area contributed by atoms with Gasteiger partial charge >= 0.3 is 11.9 Å². The monoisotopic (exact) mass is 280 g/mol. The van der Waals surface area contributed by atoms with E-state index in [2.05, 4.69) is 5.32 Å². The molecule has 1 aromatic carbocycles. The standard InChI is InChI=1S/C14H20N2O4/c1-3-5-10(15)8(2)16-11-7-4-6-9(13(17)18)12(11)14(19)20/h4,6-8,10,16H,3,5,15H2,1-2H3,(H,17,18)(H,19,20). The summed E-state index contributed by atoms with van der Waals surface area (Å²) in [5.74, 6) is -2.54. The number of hydrogen-bond donors (Lipinski definition) is 4. The SMILES string of the molecule is CCCC(N)C(C)Nc1cccc(C(=O)O)c1C(=O)O. The van der Waals surface area contributed by atoms with E-state index in [1.165, 1.54) is 12.1 Å². The van der Waals surface area contributed by atoms with Crippen molar-refractivity contribution in [3.8, 4) is 0 Å². The summed E-state index contributed by atoms with van der Waals surface area (Å²) in [5, 5.41) is 21.3. The van der Waals surface area contributed by atoms with Crippen LogP contribution in [0.1, 0.15) is 47.4 Å². The summed E-state index contributed by atoms with van der Waals surface area (Å²) in [6.45, 7) is 3.86. The summed E-state index contributed by atoms with van der Waals surface area (Å²) in [7, 11) is 0. The molecule has 0 aliphatic rings. The Kier molecular flexibility index (Phi) is 5.52. The predicted octanol–water partition coefficient (Wildman–Crippen LogP) is 2.01. The van der Waals surface area contributed by atoms with E-state index >= 15 is 0 Å². The normalized spacial score (nSPS) is 13.6. The van der Waals surface area contributed by atoms with Crippen molar-refractivity contribution in [2.45, 2.75) is 38.8 Å². The molecule has 0 aromatic heterocycles. The highest BCUT2D eigenvalue weighted by Crippen LogP contribution is 2.22. The molecular weight excluding hydrogens is 260 g/mol. The second-order valence-corrected chi connectivity index (χ2v) is 4.72. The number of aromatic carboxylic acids is 2. The zero-order valence-electron chi connectivity index (χ0n) is 11.6. The molecule has 0 amide bonds. The van der Waals surface area contributed by atoms with Crippen LogP contribution < -0.4 is 11.1 Å². The van der Waals surface area contributed by atoms with Gasteiger partial charge in [0.15, 0.2) is 0 Å². The number of rotatable bonds is 7. The fourth-order valence-electron chi connectivity index (χ4n) is 2.02. The second-order valence-electron chi connectivity index (χ2n) is 4.72. The van der Waals surface area contributed by atoms with Crippen molar-refractivity contribution in [3.63, 3.8) is 0 Å². The molecule has 0 fully saturated rings. The summed E-state index contributed by atoms with van der Waals surface area (Å²) >= 11 is 0. The van der Waals surface area contributed by atoms with Crippen LogP contribution in [0, 0.1) is 0 Å². The Morgan fingerprint density at radius 2 is 1.95 bits per heavy atom. The number of nitrogens with one attached hydrogen (secondary N) is 1. The first kappa shape index (κ1) is 16.0. The number of benzene rings is 1. The molecule has 0 heterocycles. The fraction of sp³-hybridized carbons (Fsp3) is 0.429. The van der Waals surface area contributed by atoms with Crippen LogP contribution in [0.3, 0.4) is 0 Å². The minimum Gasteiger partial charge on any atom is -0.478 e. The van der Waals surface area contributed by atoms with Gasteiger partial charge in [-0.05, 0) is 25.5 Å². The maximum Gasteiger partial charge on any atom is 0.338 e. The molecule has 20 heavy (non-hydrogen) atoms. The number of carboxylic acids is 2. The van der Waals surface area contributed by atoms with Gasteiger partial charge in [0.2, 0.25) is 0 Å². The number of anilines is 1. The topological polar surface area (TPSA) is 113 Å². The molecule has 0 radical (unpaired) electrons. The third-order valence-electron chi connectivity index (χ3n) is 3.16. The van der Waals surface area contributed by atoms with Crippen LogP contribution in [-0.4, -0.2) is 34.2 Å². The molecule has 2 unspecified atom stereocenters. The summed E-state index contributed by atoms with van der Waals surface area (Å²) in [6, 6.07) is 4.04. The second kappa shape index (κ2) is 6.91. The Morgan fingerprint density at radius 1 is 1.30 bits per heavy atom. The van der Waals surface area contributed by atoms with Crippen LogP contribution in [0.15, 0.2) is 18.2 Å². The van der Waals surface area contributed by atoms with E-state index in [1.54, 1.807) is 6.07 Å². The highest BCUT2D eigenvalue weighted by Gasteiger charge is 2.22. The van der Waals surface area contributed by atoms with Crippen LogP contribution in [0.2, 0.25) is 0 Å². The molecule has 0 aliphatic heterocycles. The Morgan fingerprint density at radius 3 is 2.45 bits per heavy atom. The largest absolute Gasteiger partial charge is 0.478 e. The molecule has 0 saturated heterocycles. The van der Waals surface area contributed by atoms with Crippen molar-refractivity contribution >= 4 is 17.6 Å². The predicted molar refractivity (Wildman–Crippen MR) is 76.3 cm³/mol. The Hall–Kier alpha value is -2.08. The first-order valence-corrected chi connectivity index (χ1v) is 6.50. The number of carboxylic acid groups (broad SMARTS) is 2. The van der Waals surface area contributed by atoms with E-state index in [0.717, 1.165) is 12.8 Å². The van der Waals surface area contributed by atoms with E-state index in [-0.39, 0.29) is 28.9 Å². The van der Waals surface area contributed by atoms with Gasteiger partial charge in [0.1, 0.15) is 0 Å². The van der Waals surface area contributed by atoms with Gasteiger partial charge in [-0.15, -0.1) is 0 Å². The van der Waals surface area contributed by atoms with E-state index in [1.807, 2.05) is 13.8 Å². The van der Waals surface area contributed by atoms with Crippen molar-refractivity contribution < 1.29 is 19.8 Å². The highest BCUT2D eigenvalue weighted by atomic mass is 16.4. The van der Waals surface area contributed by atoms with Crippen LogP contribution in [-0.2, 0) is 0 Å². The van der Waals surface area contributed by atoms with E-state index in [9.17, 15) is 14.7 Å². The third kappa shape index (κ3) is 3.71. The fourth-order valence-corrected chi connectivity index (χ4v) is 2.02. The van der Waals surface area contributed by atoms with Crippen LogP contribution in [0.25, 0.3) is 0 Å². The molecule has 6 heteroatoms. The lowest BCUT2D eigenvalue weighted by Gasteiger charge is -2.23. The van der Waals surface area contributed by atoms with E-state index < -0.39 is 11.9 Å². The van der Waals surface area contributed by atoms with Gasteiger partial charge in [0.25, 0.3) is 0 Å². The number of nitrogens with two attached hydrogens (primary N) is 1. The Labute approximate surface area is 117 Å². The van der Waals surface area contributed by atoms with Gasteiger partial charge in [-0.1, -0.05) is 19.4 Å². The molecule has 1 rings (SSSR count). The van der Waals surface area contributed by atoms with Gasteiger partial charge in [-0.3, -0.25) is 0 Å². The van der Waals surface area contributed by atoms with Crippen molar-refractivity contribution in [1.82, 2.24) is 0 Å². The smallest absolute Gasteiger partial charge is 0.338 e. The summed E-state index contributed by atoms with van der Waals surface area (Å²) < 4.78 is 0. The molecule has 0 saturated carbocycles. The van der Waals surface area contributed by atoms with Crippen molar-refractivity contribution in [2.24, 2.45) is 5.73 Å². The molecule has 5 N–H and O–H groups in total. The van der Waals surface area contributed by atoms with Gasteiger partial charge in [-0.25, -0.2) is 9.59 Å². The lowest BCUT2D eigenvalue weighted by atomic mass is 10.0. The first-order chi connectivity index (χ1) is 9.38. The maximum absolute atomic E-state index is 11.3. The molecule has 2 atom stereocenters. The summed E-state index contributed by atoms with van der Waals surface area (Å²) in [4.78, 5) is 22.4. The highest BCUT2D eigenvalue weighted by molar-refractivity contribution is 6.05. The van der Waals surface area contributed by atoms with Gasteiger partial charge in [0, 0.05) is 17.8 Å². The minimum absolute atomic E-state index is 0.130. The molecule has 0 spiro atoms. The zero-order valence-corrected chi connectivity index (χ0v) is 11.6. The Balaban J connectivity index is 3.09. The molecule has 110 valence electrons. The van der Waals surface area contributed by atoms with E-state index in [4.69, 9.17) is 10.8 Å². The van der Waals surface area contributed by atoms with Crippen molar-refractivity contribution in [3.05, 3.63) is 29.3 Å². The first-order valence-electron chi connectivity index (χ1n) is 6.50. The molecule has 0 bridgehead atoms.